The number of hydrogen-bond acceptors (Lipinski definition) is 1. The Kier molecular flexibility index (Phi) is 3.53. The molecular weight excluding hydrogens is 268 g/mol. The first-order valence-corrected chi connectivity index (χ1v) is 9.83. The van der Waals surface area contributed by atoms with Crippen molar-refractivity contribution >= 4 is 0 Å². The normalized spacial score (nSPS) is 56.4. The Morgan fingerprint density at radius 1 is 0.955 bits per heavy atom. The molecule has 1 nitrogen and oxygen atoms in total. The molecule has 0 aromatic rings. The Labute approximate surface area is 136 Å². The van der Waals surface area contributed by atoms with Crippen LogP contribution in [0.1, 0.15) is 78.6 Å². The van der Waals surface area contributed by atoms with Gasteiger partial charge in [0.2, 0.25) is 0 Å². The highest BCUT2D eigenvalue weighted by Crippen LogP contribution is 2.64. The summed E-state index contributed by atoms with van der Waals surface area (Å²) >= 11 is 0. The predicted molar refractivity (Wildman–Crippen MR) is 91.5 cm³/mol. The van der Waals surface area contributed by atoms with Crippen LogP contribution in [0.4, 0.5) is 0 Å². The summed E-state index contributed by atoms with van der Waals surface area (Å²) in [6, 6.07) is 0. The highest BCUT2D eigenvalue weighted by atomic mass is 16.3. The van der Waals surface area contributed by atoms with Crippen LogP contribution in [0.3, 0.4) is 0 Å². The molecule has 1 N–H and O–H groups in total. The van der Waals surface area contributed by atoms with Crippen LogP contribution in [0.2, 0.25) is 0 Å². The molecule has 124 valence electrons. The van der Waals surface area contributed by atoms with Crippen LogP contribution in [-0.4, -0.2) is 10.7 Å². The summed E-state index contributed by atoms with van der Waals surface area (Å²) in [4.78, 5) is 0. The lowest BCUT2D eigenvalue weighted by Crippen LogP contribution is -2.49. The average molecular weight is 303 g/mol. The first-order valence-electron chi connectivity index (χ1n) is 9.83. The summed E-state index contributed by atoms with van der Waals surface area (Å²) in [5.74, 6) is 4.67. The largest absolute Gasteiger partial charge is 0.390 e. The van der Waals surface area contributed by atoms with Crippen molar-refractivity contribution in [1.82, 2.24) is 0 Å². The second-order valence-electron chi connectivity index (χ2n) is 9.48. The average Bonchev–Trinajstić information content (AvgIpc) is 2.82. The fraction of sp³-hybridized carbons (Fsp3) is 0.905. The summed E-state index contributed by atoms with van der Waals surface area (Å²) in [5.41, 5.74) is 1.93. The number of rotatable bonds is 0. The highest BCUT2D eigenvalue weighted by molar-refractivity contribution is 5.23. The van der Waals surface area contributed by atoms with E-state index >= 15 is 0 Å². The van der Waals surface area contributed by atoms with Gasteiger partial charge in [-0.1, -0.05) is 18.6 Å². The molecule has 7 atom stereocenters. The molecule has 4 saturated carbocycles. The number of aliphatic hydroxyl groups is 1. The van der Waals surface area contributed by atoms with Crippen molar-refractivity contribution in [3.05, 3.63) is 11.6 Å². The van der Waals surface area contributed by atoms with E-state index in [-0.39, 0.29) is 5.60 Å². The molecule has 0 aromatic heterocycles. The summed E-state index contributed by atoms with van der Waals surface area (Å²) in [5, 5.41) is 10.5. The molecule has 0 aliphatic heterocycles. The second-order valence-corrected chi connectivity index (χ2v) is 9.48. The van der Waals surface area contributed by atoms with E-state index in [1.54, 1.807) is 5.57 Å². The molecule has 4 rings (SSSR count). The van der Waals surface area contributed by atoms with E-state index in [0.717, 1.165) is 42.4 Å². The van der Waals surface area contributed by atoms with E-state index in [2.05, 4.69) is 26.8 Å². The van der Waals surface area contributed by atoms with Crippen molar-refractivity contribution in [2.45, 2.75) is 84.2 Å². The minimum Gasteiger partial charge on any atom is -0.390 e. The zero-order valence-electron chi connectivity index (χ0n) is 14.8. The van der Waals surface area contributed by atoms with Crippen molar-refractivity contribution in [3.63, 3.8) is 0 Å². The summed E-state index contributed by atoms with van der Waals surface area (Å²) in [7, 11) is 0. The van der Waals surface area contributed by atoms with Crippen molar-refractivity contribution in [2.75, 3.05) is 0 Å². The van der Waals surface area contributed by atoms with Crippen molar-refractivity contribution in [2.24, 2.45) is 35.0 Å². The van der Waals surface area contributed by atoms with Crippen molar-refractivity contribution < 1.29 is 5.11 Å². The molecule has 0 spiro atoms. The predicted octanol–water partition coefficient (Wildman–Crippen LogP) is 5.34. The van der Waals surface area contributed by atoms with E-state index in [0.29, 0.717) is 5.41 Å². The van der Waals surface area contributed by atoms with Gasteiger partial charge in [-0.15, -0.1) is 0 Å². The van der Waals surface area contributed by atoms with Gasteiger partial charge in [0.25, 0.3) is 0 Å². The SMILES string of the molecule is C/C=C1\CCC2[C@@H]3CC[C@@H]4C[C@@](C)(O)CC[C@@H]4C3CC[C@]12C. The van der Waals surface area contributed by atoms with E-state index in [1.165, 1.54) is 44.9 Å². The Hall–Kier alpha value is -0.300. The first-order chi connectivity index (χ1) is 10.4. The molecule has 0 amide bonds. The molecule has 4 fully saturated rings. The zero-order chi connectivity index (χ0) is 15.5. The molecule has 1 heteroatoms. The van der Waals surface area contributed by atoms with Gasteiger partial charge < -0.3 is 5.11 Å². The summed E-state index contributed by atoms with van der Waals surface area (Å²) < 4.78 is 0. The van der Waals surface area contributed by atoms with Gasteiger partial charge in [0.15, 0.2) is 0 Å². The van der Waals surface area contributed by atoms with Gasteiger partial charge in [-0.05, 0) is 107 Å². The molecule has 0 aromatic carbocycles. The van der Waals surface area contributed by atoms with Gasteiger partial charge in [0.1, 0.15) is 0 Å². The fourth-order valence-electron chi connectivity index (χ4n) is 7.40. The van der Waals surface area contributed by atoms with Crippen LogP contribution in [0.5, 0.6) is 0 Å². The summed E-state index contributed by atoms with van der Waals surface area (Å²) in [6.45, 7) is 6.91. The molecule has 4 aliphatic rings. The number of fused-ring (bicyclic) bond motifs is 5. The van der Waals surface area contributed by atoms with Gasteiger partial charge in [0.05, 0.1) is 5.60 Å². The second kappa shape index (κ2) is 5.10. The molecule has 0 bridgehead atoms. The third-order valence-electron chi connectivity index (χ3n) is 8.43. The van der Waals surface area contributed by atoms with E-state index in [1.807, 2.05) is 0 Å². The van der Waals surface area contributed by atoms with E-state index < -0.39 is 0 Å². The van der Waals surface area contributed by atoms with Crippen LogP contribution in [0.25, 0.3) is 0 Å². The minimum atomic E-state index is -0.372. The molecule has 0 radical (unpaired) electrons. The molecule has 2 unspecified atom stereocenters. The van der Waals surface area contributed by atoms with Crippen molar-refractivity contribution in [1.29, 1.82) is 0 Å². The third-order valence-corrected chi connectivity index (χ3v) is 8.43. The van der Waals surface area contributed by atoms with Crippen LogP contribution >= 0.6 is 0 Å². The van der Waals surface area contributed by atoms with Gasteiger partial charge in [-0.25, -0.2) is 0 Å². The molecule has 22 heavy (non-hydrogen) atoms. The zero-order valence-corrected chi connectivity index (χ0v) is 14.8. The van der Waals surface area contributed by atoms with Gasteiger partial charge in [-0.3, -0.25) is 0 Å². The monoisotopic (exact) mass is 302 g/mol. The Balaban J connectivity index is 1.57. The Bertz CT molecular complexity index is 476. The van der Waals surface area contributed by atoms with Gasteiger partial charge in [0, 0.05) is 0 Å². The molecule has 4 aliphatic carbocycles. The molecule has 0 heterocycles. The highest BCUT2D eigenvalue weighted by Gasteiger charge is 2.55. The third kappa shape index (κ3) is 2.14. The maximum absolute atomic E-state index is 10.5. The van der Waals surface area contributed by atoms with Crippen LogP contribution in [0.15, 0.2) is 11.6 Å². The lowest BCUT2D eigenvalue weighted by atomic mass is 9.49. The standard InChI is InChI=1S/C21H34O/c1-4-15-6-8-19-18-7-5-14-13-20(2,22)11-9-16(14)17(18)10-12-21(15,19)3/h4,14,16-19,22H,5-13H2,1-3H3/b15-4+/t14-,16+,17?,18-,19?,20+,21-/m1/s1. The maximum atomic E-state index is 10.5. The lowest BCUT2D eigenvalue weighted by Gasteiger charge is -2.56. The Morgan fingerprint density at radius 3 is 2.50 bits per heavy atom. The topological polar surface area (TPSA) is 20.2 Å². The van der Waals surface area contributed by atoms with Crippen LogP contribution < -0.4 is 0 Å². The van der Waals surface area contributed by atoms with Crippen LogP contribution in [0, 0.1) is 35.0 Å². The van der Waals surface area contributed by atoms with E-state index in [9.17, 15) is 5.11 Å². The summed E-state index contributed by atoms with van der Waals surface area (Å²) in [6.07, 6.45) is 14.4. The molecule has 0 saturated heterocycles. The van der Waals surface area contributed by atoms with Crippen LogP contribution in [-0.2, 0) is 0 Å². The van der Waals surface area contributed by atoms with E-state index in [4.69, 9.17) is 0 Å². The minimum absolute atomic E-state index is 0.372. The maximum Gasteiger partial charge on any atom is 0.0622 e. The Morgan fingerprint density at radius 2 is 1.73 bits per heavy atom. The first kappa shape index (κ1) is 15.2. The quantitative estimate of drug-likeness (QED) is 0.599. The number of allylic oxidation sites excluding steroid dienone is 2. The molecular formula is C21H34O. The lowest BCUT2D eigenvalue weighted by molar-refractivity contribution is -0.0899. The van der Waals surface area contributed by atoms with Crippen molar-refractivity contribution in [3.8, 4) is 0 Å². The van der Waals surface area contributed by atoms with Gasteiger partial charge in [-0.2, -0.15) is 0 Å². The smallest absolute Gasteiger partial charge is 0.0622 e. The van der Waals surface area contributed by atoms with Gasteiger partial charge >= 0.3 is 0 Å². The fourth-order valence-corrected chi connectivity index (χ4v) is 7.40. The number of hydrogen-bond donors (Lipinski definition) is 1.